The van der Waals surface area contributed by atoms with Gasteiger partial charge in [0.2, 0.25) is 5.88 Å². The van der Waals surface area contributed by atoms with E-state index < -0.39 is 15.6 Å². The van der Waals surface area contributed by atoms with E-state index in [1.165, 1.54) is 18.3 Å². The van der Waals surface area contributed by atoms with E-state index in [-0.39, 0.29) is 15.9 Å². The van der Waals surface area contributed by atoms with Gasteiger partial charge in [-0.1, -0.05) is 32.0 Å². The van der Waals surface area contributed by atoms with Crippen molar-refractivity contribution in [2.75, 3.05) is 4.72 Å². The van der Waals surface area contributed by atoms with Gasteiger partial charge in [-0.3, -0.25) is 4.72 Å². The summed E-state index contributed by atoms with van der Waals surface area (Å²) in [5.41, 5.74) is -0.594. The number of rotatable bonds is 8. The van der Waals surface area contributed by atoms with Crippen LogP contribution in [0.1, 0.15) is 32.4 Å². The number of para-hydroxylation sites is 1. The third-order valence-corrected chi connectivity index (χ3v) is 6.57. The molecule has 0 saturated carbocycles. The highest BCUT2D eigenvalue weighted by Gasteiger charge is 2.28. The third-order valence-electron chi connectivity index (χ3n) is 4.36. The van der Waals surface area contributed by atoms with Gasteiger partial charge >= 0.3 is 0 Å². The molecule has 0 aliphatic carbocycles. The number of nitrogens with zero attached hydrogens (tertiary/aromatic N) is 2. The molecule has 0 atom stereocenters. The maximum atomic E-state index is 12.6. The van der Waals surface area contributed by atoms with Crippen LogP contribution in [-0.2, 0) is 15.6 Å². The first-order valence-electron chi connectivity index (χ1n) is 8.76. The highest BCUT2D eigenvalue weighted by molar-refractivity contribution is 7.93. The van der Waals surface area contributed by atoms with Crippen LogP contribution in [0, 0.1) is 0 Å². The quantitative estimate of drug-likeness (QED) is 0.569. The number of hydrogen-bond acceptors (Lipinski definition) is 7. The first-order chi connectivity index (χ1) is 13.4. The lowest BCUT2D eigenvalue weighted by molar-refractivity contribution is 0.0247. The molecule has 1 aromatic carbocycles. The van der Waals surface area contributed by atoms with Crippen LogP contribution in [0.5, 0.6) is 11.6 Å². The Morgan fingerprint density at radius 1 is 1.14 bits per heavy atom. The maximum absolute atomic E-state index is 12.6. The highest BCUT2D eigenvalue weighted by atomic mass is 32.2. The van der Waals surface area contributed by atoms with Crippen molar-refractivity contribution in [2.24, 2.45) is 0 Å². The Labute approximate surface area is 168 Å². The topological polar surface area (TPSA) is 101 Å². The Hall–Kier alpha value is -2.49. The van der Waals surface area contributed by atoms with Crippen molar-refractivity contribution in [3.05, 3.63) is 59.7 Å². The van der Waals surface area contributed by atoms with E-state index in [9.17, 15) is 13.5 Å². The second-order valence-electron chi connectivity index (χ2n) is 6.13. The predicted octanol–water partition coefficient (Wildman–Crippen LogP) is 4.14. The molecule has 2 N–H and O–H groups in total. The molecule has 0 aliphatic heterocycles. The van der Waals surface area contributed by atoms with Gasteiger partial charge in [-0.2, -0.15) is 0 Å². The molecule has 0 aliphatic rings. The largest absolute Gasteiger partial charge is 0.439 e. The standard InChI is InChI=1S/C19H21N3O4S2/c1-3-19(23,4-2)16-13-27-18(21-16)22-28(24,25)15-10-11-17(20-12-15)26-14-8-6-5-7-9-14/h5-13,23H,3-4H2,1-2H3,(H,21,22). The highest BCUT2D eigenvalue weighted by Crippen LogP contribution is 2.31. The number of aliphatic hydroxyl groups is 1. The molecular weight excluding hydrogens is 398 g/mol. The molecule has 0 bridgehead atoms. The van der Waals surface area contributed by atoms with Crippen molar-refractivity contribution in [3.8, 4) is 11.6 Å². The minimum Gasteiger partial charge on any atom is -0.439 e. The molecule has 0 spiro atoms. The lowest BCUT2D eigenvalue weighted by Crippen LogP contribution is -2.24. The molecule has 3 rings (SSSR count). The number of anilines is 1. The summed E-state index contributed by atoms with van der Waals surface area (Å²) in [7, 11) is -3.85. The van der Waals surface area contributed by atoms with Crippen LogP contribution < -0.4 is 9.46 Å². The van der Waals surface area contributed by atoms with E-state index in [0.717, 1.165) is 11.3 Å². The zero-order chi connectivity index (χ0) is 20.2. The Kier molecular flexibility index (Phi) is 5.97. The van der Waals surface area contributed by atoms with E-state index in [2.05, 4.69) is 14.7 Å². The minimum absolute atomic E-state index is 0.00842. The molecular formula is C19H21N3O4S2. The predicted molar refractivity (Wildman–Crippen MR) is 108 cm³/mol. The second-order valence-corrected chi connectivity index (χ2v) is 8.67. The van der Waals surface area contributed by atoms with Crippen molar-refractivity contribution in [2.45, 2.75) is 37.2 Å². The molecule has 0 unspecified atom stereocenters. The number of ether oxygens (including phenoxy) is 1. The normalized spacial score (nSPS) is 12.0. The lowest BCUT2D eigenvalue weighted by atomic mass is 9.94. The zero-order valence-electron chi connectivity index (χ0n) is 15.5. The van der Waals surface area contributed by atoms with Crippen molar-refractivity contribution in [1.29, 1.82) is 0 Å². The summed E-state index contributed by atoms with van der Waals surface area (Å²) in [5, 5.41) is 12.4. The Morgan fingerprint density at radius 3 is 2.46 bits per heavy atom. The SMILES string of the molecule is CCC(O)(CC)c1csc(NS(=O)(=O)c2ccc(Oc3ccccc3)nc2)n1. The number of hydrogen-bond donors (Lipinski definition) is 2. The lowest BCUT2D eigenvalue weighted by Gasteiger charge is -2.22. The fourth-order valence-electron chi connectivity index (χ4n) is 2.52. The number of pyridine rings is 1. The fraction of sp³-hybridized carbons (Fsp3) is 0.263. The number of nitrogens with one attached hydrogen (secondary N) is 1. The van der Waals surface area contributed by atoms with Crippen LogP contribution in [0.25, 0.3) is 0 Å². The summed E-state index contributed by atoms with van der Waals surface area (Å²) in [6.07, 6.45) is 2.21. The molecule has 2 aromatic heterocycles. The summed E-state index contributed by atoms with van der Waals surface area (Å²) < 4.78 is 33.2. The average molecular weight is 420 g/mol. The Balaban J connectivity index is 1.74. The third kappa shape index (κ3) is 4.49. The second kappa shape index (κ2) is 8.26. The van der Waals surface area contributed by atoms with Crippen LogP contribution >= 0.6 is 11.3 Å². The van der Waals surface area contributed by atoms with E-state index in [0.29, 0.717) is 24.3 Å². The monoisotopic (exact) mass is 419 g/mol. The molecule has 2 heterocycles. The molecule has 9 heteroatoms. The Bertz CT molecular complexity index is 1010. The van der Waals surface area contributed by atoms with Gasteiger partial charge in [0.15, 0.2) is 5.13 Å². The van der Waals surface area contributed by atoms with Crippen molar-refractivity contribution >= 4 is 26.5 Å². The number of aromatic nitrogens is 2. The molecule has 0 fully saturated rings. The van der Waals surface area contributed by atoms with Crippen LogP contribution in [0.15, 0.2) is 58.9 Å². The Morgan fingerprint density at radius 2 is 1.86 bits per heavy atom. The van der Waals surface area contributed by atoms with Gasteiger partial charge in [-0.05, 0) is 31.0 Å². The van der Waals surface area contributed by atoms with Crippen molar-refractivity contribution in [3.63, 3.8) is 0 Å². The summed E-state index contributed by atoms with van der Waals surface area (Å²) in [4.78, 5) is 8.29. The number of benzene rings is 1. The molecule has 28 heavy (non-hydrogen) atoms. The van der Waals surface area contributed by atoms with Crippen molar-refractivity contribution < 1.29 is 18.3 Å². The molecule has 7 nitrogen and oxygen atoms in total. The van der Waals surface area contributed by atoms with Gasteiger partial charge < -0.3 is 9.84 Å². The molecule has 148 valence electrons. The smallest absolute Gasteiger partial charge is 0.265 e. The van der Waals surface area contributed by atoms with Crippen LogP contribution in [0.2, 0.25) is 0 Å². The van der Waals surface area contributed by atoms with Crippen molar-refractivity contribution in [1.82, 2.24) is 9.97 Å². The number of thiazole rings is 1. The van der Waals surface area contributed by atoms with Gasteiger partial charge in [0.05, 0.1) is 11.9 Å². The van der Waals surface area contributed by atoms with Crippen LogP contribution in [0.3, 0.4) is 0 Å². The maximum Gasteiger partial charge on any atom is 0.265 e. The van der Waals surface area contributed by atoms with E-state index in [1.54, 1.807) is 17.5 Å². The van der Waals surface area contributed by atoms with Gasteiger partial charge in [0.1, 0.15) is 16.2 Å². The van der Waals surface area contributed by atoms with Gasteiger partial charge in [-0.25, -0.2) is 18.4 Å². The van der Waals surface area contributed by atoms with Gasteiger partial charge in [0.25, 0.3) is 10.0 Å². The average Bonchev–Trinajstić information content (AvgIpc) is 3.17. The summed E-state index contributed by atoms with van der Waals surface area (Å²) >= 11 is 1.13. The summed E-state index contributed by atoms with van der Waals surface area (Å²) in [5.74, 6) is 0.899. The van der Waals surface area contributed by atoms with Gasteiger partial charge in [-0.15, -0.1) is 11.3 Å². The molecule has 0 radical (unpaired) electrons. The first kappa shape index (κ1) is 20.2. The van der Waals surface area contributed by atoms with Gasteiger partial charge in [0, 0.05) is 11.4 Å². The van der Waals surface area contributed by atoms with E-state index >= 15 is 0 Å². The van der Waals surface area contributed by atoms with Crippen LogP contribution in [-0.4, -0.2) is 23.5 Å². The first-order valence-corrected chi connectivity index (χ1v) is 11.1. The van der Waals surface area contributed by atoms with Crippen LogP contribution in [0.4, 0.5) is 5.13 Å². The summed E-state index contributed by atoms with van der Waals surface area (Å²) in [6, 6.07) is 12.0. The molecule has 0 amide bonds. The summed E-state index contributed by atoms with van der Waals surface area (Å²) in [6.45, 7) is 3.72. The fourth-order valence-corrected chi connectivity index (χ4v) is 4.52. The molecule has 3 aromatic rings. The number of sulfonamides is 1. The van der Waals surface area contributed by atoms with E-state index in [4.69, 9.17) is 4.74 Å². The zero-order valence-corrected chi connectivity index (χ0v) is 17.1. The van der Waals surface area contributed by atoms with E-state index in [1.807, 2.05) is 32.0 Å². The molecule has 0 saturated heterocycles. The minimum atomic E-state index is -3.85.